The maximum atomic E-state index is 11.9. The van der Waals surface area contributed by atoms with Crippen molar-refractivity contribution >= 4 is 21.9 Å². The van der Waals surface area contributed by atoms with Crippen LogP contribution in [0.4, 0.5) is 0 Å². The number of hydrogen-bond donors (Lipinski definition) is 2. The first kappa shape index (κ1) is 16.9. The molecule has 3 atom stereocenters. The molecule has 1 unspecified atom stereocenters. The number of carboxylic acid groups (broad SMARTS) is 1. The molecule has 1 aromatic rings. The lowest BCUT2D eigenvalue weighted by molar-refractivity contribution is -0.146. The molecular formula is C18H24BrNO3. The van der Waals surface area contributed by atoms with Crippen LogP contribution in [0.1, 0.15) is 43.7 Å². The van der Waals surface area contributed by atoms with Crippen molar-refractivity contribution in [2.75, 3.05) is 13.1 Å². The first-order valence-corrected chi connectivity index (χ1v) is 9.26. The Morgan fingerprint density at radius 1 is 1.26 bits per heavy atom. The number of likely N-dealkylation sites (tertiary alicyclic amines) is 1. The molecule has 2 fully saturated rings. The second-order valence-corrected chi connectivity index (χ2v) is 7.77. The minimum Gasteiger partial charge on any atom is -0.480 e. The van der Waals surface area contributed by atoms with Crippen LogP contribution in [0.3, 0.4) is 0 Å². The van der Waals surface area contributed by atoms with Gasteiger partial charge < -0.3 is 10.2 Å². The molecule has 3 rings (SSSR count). The van der Waals surface area contributed by atoms with Crippen LogP contribution in [-0.4, -0.2) is 40.3 Å². The van der Waals surface area contributed by atoms with Crippen molar-refractivity contribution in [1.29, 1.82) is 0 Å². The Kier molecular flexibility index (Phi) is 5.39. The maximum Gasteiger partial charge on any atom is 0.325 e. The first-order valence-electron chi connectivity index (χ1n) is 8.46. The number of hydrogen-bond acceptors (Lipinski definition) is 3. The van der Waals surface area contributed by atoms with E-state index in [1.807, 2.05) is 29.2 Å². The van der Waals surface area contributed by atoms with Crippen LogP contribution in [0.25, 0.3) is 0 Å². The number of aliphatic carboxylic acids is 1. The summed E-state index contributed by atoms with van der Waals surface area (Å²) in [5, 5.41) is 20.2. The SMILES string of the molecule is O=C(O)C(c1cccc(Br)c1)N1CC[C@@H](O)[C@H](C2CCCC2)C1. The Labute approximate surface area is 145 Å². The van der Waals surface area contributed by atoms with Gasteiger partial charge in [-0.05, 0) is 30.0 Å². The molecule has 0 bridgehead atoms. The van der Waals surface area contributed by atoms with Crippen LogP contribution in [0, 0.1) is 11.8 Å². The monoisotopic (exact) mass is 381 g/mol. The van der Waals surface area contributed by atoms with Gasteiger partial charge in [-0.2, -0.15) is 0 Å². The van der Waals surface area contributed by atoms with E-state index in [1.165, 1.54) is 25.7 Å². The summed E-state index contributed by atoms with van der Waals surface area (Å²) >= 11 is 3.43. The lowest BCUT2D eigenvalue weighted by atomic mass is 9.81. The van der Waals surface area contributed by atoms with Crippen LogP contribution in [0.2, 0.25) is 0 Å². The Balaban J connectivity index is 1.81. The molecule has 23 heavy (non-hydrogen) atoms. The highest BCUT2D eigenvalue weighted by Gasteiger charge is 2.39. The normalized spacial score (nSPS) is 27.9. The van der Waals surface area contributed by atoms with Crippen molar-refractivity contribution in [3.8, 4) is 0 Å². The van der Waals surface area contributed by atoms with E-state index in [1.54, 1.807) is 0 Å². The van der Waals surface area contributed by atoms with Gasteiger partial charge in [0.15, 0.2) is 0 Å². The third-order valence-corrected chi connectivity index (χ3v) is 5.91. The summed E-state index contributed by atoms with van der Waals surface area (Å²) in [5.41, 5.74) is 0.799. The Morgan fingerprint density at radius 3 is 2.65 bits per heavy atom. The van der Waals surface area contributed by atoms with Crippen molar-refractivity contribution in [1.82, 2.24) is 4.90 Å². The Hall–Kier alpha value is -0.910. The summed E-state index contributed by atoms with van der Waals surface area (Å²) in [6, 6.07) is 6.91. The van der Waals surface area contributed by atoms with Gasteiger partial charge in [-0.3, -0.25) is 9.69 Å². The molecule has 1 saturated heterocycles. The fourth-order valence-corrected chi connectivity index (χ4v) is 4.68. The zero-order valence-electron chi connectivity index (χ0n) is 13.2. The molecule has 5 heteroatoms. The molecule has 0 radical (unpaired) electrons. The topological polar surface area (TPSA) is 60.8 Å². The summed E-state index contributed by atoms with van der Waals surface area (Å²) in [6.07, 6.45) is 5.20. The standard InChI is InChI=1S/C18H24BrNO3/c19-14-7-3-6-13(10-14)17(18(22)23)20-9-8-16(21)15(11-20)12-4-1-2-5-12/h3,6-7,10,12,15-17,21H,1-2,4-5,8-9,11H2,(H,22,23)/t15-,16+,17?/m0/s1. The third-order valence-electron chi connectivity index (χ3n) is 5.42. The first-order chi connectivity index (χ1) is 11.1. The summed E-state index contributed by atoms with van der Waals surface area (Å²) < 4.78 is 0.894. The zero-order valence-corrected chi connectivity index (χ0v) is 14.8. The highest BCUT2D eigenvalue weighted by molar-refractivity contribution is 9.10. The fourth-order valence-electron chi connectivity index (χ4n) is 4.27. The predicted octanol–water partition coefficient (Wildman–Crippen LogP) is 3.45. The molecule has 1 heterocycles. The van der Waals surface area contributed by atoms with E-state index in [2.05, 4.69) is 15.9 Å². The number of rotatable bonds is 4. The minimum absolute atomic E-state index is 0.209. The van der Waals surface area contributed by atoms with E-state index in [9.17, 15) is 15.0 Å². The molecule has 0 spiro atoms. The Morgan fingerprint density at radius 2 is 2.00 bits per heavy atom. The number of nitrogens with zero attached hydrogens (tertiary/aromatic N) is 1. The molecule has 126 valence electrons. The molecule has 1 aliphatic heterocycles. The van der Waals surface area contributed by atoms with Gasteiger partial charge in [0.2, 0.25) is 0 Å². The molecule has 2 N–H and O–H groups in total. The van der Waals surface area contributed by atoms with Crippen LogP contribution in [-0.2, 0) is 4.79 Å². The van der Waals surface area contributed by atoms with E-state index in [4.69, 9.17) is 0 Å². The third kappa shape index (κ3) is 3.78. The van der Waals surface area contributed by atoms with Crippen molar-refractivity contribution in [3.63, 3.8) is 0 Å². The molecule has 1 aliphatic carbocycles. The number of benzene rings is 1. The van der Waals surface area contributed by atoms with Gasteiger partial charge in [-0.1, -0.05) is 53.7 Å². The van der Waals surface area contributed by atoms with Gasteiger partial charge >= 0.3 is 5.97 Å². The number of aliphatic hydroxyl groups excluding tert-OH is 1. The van der Waals surface area contributed by atoms with Crippen molar-refractivity contribution < 1.29 is 15.0 Å². The largest absolute Gasteiger partial charge is 0.480 e. The summed E-state index contributed by atoms with van der Waals surface area (Å²) in [4.78, 5) is 13.9. The van der Waals surface area contributed by atoms with Crippen LogP contribution >= 0.6 is 15.9 Å². The number of carbonyl (C=O) groups is 1. The molecule has 2 aliphatic rings. The lowest BCUT2D eigenvalue weighted by Crippen LogP contribution is -2.48. The smallest absolute Gasteiger partial charge is 0.325 e. The fraction of sp³-hybridized carbons (Fsp3) is 0.611. The molecule has 4 nitrogen and oxygen atoms in total. The van der Waals surface area contributed by atoms with Gasteiger partial charge in [0.25, 0.3) is 0 Å². The average molecular weight is 382 g/mol. The Bertz CT molecular complexity index is 559. The van der Waals surface area contributed by atoms with Gasteiger partial charge in [-0.25, -0.2) is 0 Å². The van der Waals surface area contributed by atoms with Gasteiger partial charge in [0.1, 0.15) is 6.04 Å². The van der Waals surface area contributed by atoms with Gasteiger partial charge in [0, 0.05) is 23.5 Å². The summed E-state index contributed by atoms with van der Waals surface area (Å²) in [5.74, 6) is -0.0605. The highest BCUT2D eigenvalue weighted by atomic mass is 79.9. The van der Waals surface area contributed by atoms with Crippen molar-refractivity contribution in [2.45, 2.75) is 44.2 Å². The van der Waals surface area contributed by atoms with Gasteiger partial charge in [0.05, 0.1) is 6.10 Å². The number of piperidine rings is 1. The second-order valence-electron chi connectivity index (χ2n) is 6.86. The molecular weight excluding hydrogens is 358 g/mol. The van der Waals surface area contributed by atoms with E-state index in [0.717, 1.165) is 10.0 Å². The van der Waals surface area contributed by atoms with E-state index in [0.29, 0.717) is 25.4 Å². The van der Waals surface area contributed by atoms with Crippen molar-refractivity contribution in [3.05, 3.63) is 34.3 Å². The second kappa shape index (κ2) is 7.32. The minimum atomic E-state index is -0.815. The highest BCUT2D eigenvalue weighted by Crippen LogP contribution is 2.38. The van der Waals surface area contributed by atoms with Crippen molar-refractivity contribution in [2.24, 2.45) is 11.8 Å². The lowest BCUT2D eigenvalue weighted by Gasteiger charge is -2.41. The summed E-state index contributed by atoms with van der Waals surface area (Å²) in [7, 11) is 0. The van der Waals surface area contributed by atoms with E-state index in [-0.39, 0.29) is 12.0 Å². The molecule has 0 amide bonds. The molecule has 0 aromatic heterocycles. The van der Waals surface area contributed by atoms with E-state index < -0.39 is 12.0 Å². The van der Waals surface area contributed by atoms with Crippen LogP contribution < -0.4 is 0 Å². The van der Waals surface area contributed by atoms with Crippen LogP contribution in [0.5, 0.6) is 0 Å². The molecule has 1 saturated carbocycles. The molecule has 1 aromatic carbocycles. The van der Waals surface area contributed by atoms with E-state index >= 15 is 0 Å². The summed E-state index contributed by atoms with van der Waals surface area (Å²) in [6.45, 7) is 1.31. The van der Waals surface area contributed by atoms with Crippen LogP contribution in [0.15, 0.2) is 28.7 Å². The zero-order chi connectivity index (χ0) is 16.4. The quantitative estimate of drug-likeness (QED) is 0.838. The maximum absolute atomic E-state index is 11.9. The predicted molar refractivity (Wildman–Crippen MR) is 92.2 cm³/mol. The van der Waals surface area contributed by atoms with Gasteiger partial charge in [-0.15, -0.1) is 0 Å². The number of carboxylic acids is 1. The average Bonchev–Trinajstić information content (AvgIpc) is 3.03. The number of aliphatic hydroxyl groups is 1. The number of halogens is 1.